The number of benzene rings is 2. The number of halogens is 2. The van der Waals surface area contributed by atoms with Gasteiger partial charge in [-0.15, -0.1) is 0 Å². The maximum Gasteiger partial charge on any atom is 0.232 e. The number of nitrogens with zero attached hydrogens (tertiary/aromatic N) is 3. The number of sulfonamides is 1. The normalized spacial score (nSPS) is 11.6. The molecule has 7 nitrogen and oxygen atoms in total. The van der Waals surface area contributed by atoms with Crippen LogP contribution in [-0.2, 0) is 16.4 Å². The topological polar surface area (TPSA) is 93.4 Å². The lowest BCUT2D eigenvalue weighted by Crippen LogP contribution is -2.18. The van der Waals surface area contributed by atoms with E-state index in [0.717, 1.165) is 11.3 Å². The van der Waals surface area contributed by atoms with Crippen LogP contribution >= 0.6 is 11.6 Å². The average Bonchev–Trinajstić information content (AvgIpc) is 3.20. The summed E-state index contributed by atoms with van der Waals surface area (Å²) in [6, 6.07) is 13.9. The van der Waals surface area contributed by atoms with E-state index in [1.165, 1.54) is 18.3 Å². The van der Waals surface area contributed by atoms with Crippen LogP contribution in [0.4, 0.5) is 10.1 Å². The van der Waals surface area contributed by atoms with Crippen molar-refractivity contribution < 1.29 is 17.6 Å². The van der Waals surface area contributed by atoms with E-state index in [2.05, 4.69) is 14.8 Å². The Labute approximate surface area is 195 Å². The molecule has 4 rings (SSSR count). The molecule has 0 bridgehead atoms. The molecule has 0 aliphatic heterocycles. The molecule has 0 fully saturated rings. The maximum absolute atomic E-state index is 15.0. The van der Waals surface area contributed by atoms with Crippen LogP contribution < -0.4 is 4.72 Å². The Hall–Kier alpha value is -3.30. The highest BCUT2D eigenvalue weighted by molar-refractivity contribution is 7.92. The summed E-state index contributed by atoms with van der Waals surface area (Å²) in [4.78, 5) is 17.2. The van der Waals surface area contributed by atoms with Crippen LogP contribution in [0.2, 0.25) is 5.02 Å². The van der Waals surface area contributed by atoms with Crippen molar-refractivity contribution in [3.8, 4) is 11.3 Å². The van der Waals surface area contributed by atoms with Crippen LogP contribution in [0.25, 0.3) is 16.9 Å². The van der Waals surface area contributed by atoms with Gasteiger partial charge in [0.15, 0.2) is 17.2 Å². The van der Waals surface area contributed by atoms with Crippen LogP contribution in [0.5, 0.6) is 0 Å². The highest BCUT2D eigenvalue weighted by atomic mass is 35.5. The van der Waals surface area contributed by atoms with Crippen LogP contribution in [0.15, 0.2) is 60.9 Å². The number of ketones is 1. The van der Waals surface area contributed by atoms with Gasteiger partial charge in [-0.1, -0.05) is 48.9 Å². The molecule has 4 aromatic rings. The lowest BCUT2D eigenvalue weighted by Gasteiger charge is -2.12. The van der Waals surface area contributed by atoms with Gasteiger partial charge in [-0.25, -0.2) is 22.3 Å². The first-order valence-corrected chi connectivity index (χ1v) is 12.2. The van der Waals surface area contributed by atoms with Crippen LogP contribution in [0.1, 0.15) is 29.3 Å². The van der Waals surface area contributed by atoms with Crippen molar-refractivity contribution in [1.82, 2.24) is 14.6 Å². The molecule has 0 atom stereocenters. The molecule has 0 saturated carbocycles. The zero-order valence-corrected chi connectivity index (χ0v) is 19.2. The molecule has 0 radical (unpaired) electrons. The zero-order chi connectivity index (χ0) is 23.6. The third-order valence-corrected chi connectivity index (χ3v) is 6.70. The fourth-order valence-electron chi connectivity index (χ4n) is 3.40. The molecule has 0 unspecified atom stereocenters. The van der Waals surface area contributed by atoms with Crippen LogP contribution in [-0.4, -0.2) is 34.6 Å². The maximum atomic E-state index is 15.0. The third kappa shape index (κ3) is 5.04. The molecule has 0 saturated heterocycles. The fourth-order valence-corrected chi connectivity index (χ4v) is 4.79. The summed E-state index contributed by atoms with van der Waals surface area (Å²) < 4.78 is 42.8. The Bertz CT molecular complexity index is 1440. The van der Waals surface area contributed by atoms with E-state index in [-0.39, 0.29) is 28.4 Å². The van der Waals surface area contributed by atoms with E-state index < -0.39 is 21.6 Å². The number of fused-ring (bicyclic) bond motifs is 1. The van der Waals surface area contributed by atoms with Gasteiger partial charge in [0, 0.05) is 30.4 Å². The Morgan fingerprint density at radius 1 is 1.18 bits per heavy atom. The van der Waals surface area contributed by atoms with E-state index >= 15 is 4.39 Å². The minimum absolute atomic E-state index is 0.101. The summed E-state index contributed by atoms with van der Waals surface area (Å²) >= 11 is 6.09. The number of hydrogen-bond acceptors (Lipinski definition) is 5. The Kier molecular flexibility index (Phi) is 6.44. The van der Waals surface area contributed by atoms with Crippen molar-refractivity contribution in [3.05, 3.63) is 82.9 Å². The number of carbonyl (C=O) groups is 1. The van der Waals surface area contributed by atoms with Crippen molar-refractivity contribution in [2.75, 3.05) is 10.5 Å². The zero-order valence-electron chi connectivity index (χ0n) is 17.6. The minimum Gasteiger partial charge on any atom is -0.294 e. The van der Waals surface area contributed by atoms with Crippen molar-refractivity contribution in [2.24, 2.45) is 0 Å². The van der Waals surface area contributed by atoms with E-state index in [0.29, 0.717) is 17.6 Å². The van der Waals surface area contributed by atoms with E-state index in [1.54, 1.807) is 17.6 Å². The second-order valence-electron chi connectivity index (χ2n) is 7.47. The number of anilines is 1. The van der Waals surface area contributed by atoms with Crippen molar-refractivity contribution in [2.45, 2.75) is 19.8 Å². The first-order valence-electron chi connectivity index (χ1n) is 10.2. The van der Waals surface area contributed by atoms with Crippen LogP contribution in [0.3, 0.4) is 0 Å². The number of hydrogen-bond donors (Lipinski definition) is 1. The SMILES string of the molecule is CCCS(=O)(=O)Nc1ccc(Cl)c(C(=O)Cc2cnc3cc(-c4ccccc4)nn3c2)c1F. The van der Waals surface area contributed by atoms with Crippen LogP contribution in [0, 0.1) is 5.82 Å². The first kappa shape index (κ1) is 22.9. The van der Waals surface area contributed by atoms with Gasteiger partial charge in [-0.2, -0.15) is 5.10 Å². The van der Waals surface area contributed by atoms with Gasteiger partial charge in [0.25, 0.3) is 0 Å². The van der Waals surface area contributed by atoms with Gasteiger partial charge in [0.1, 0.15) is 0 Å². The number of carbonyl (C=O) groups excluding carboxylic acids is 1. The van der Waals surface area contributed by atoms with Gasteiger partial charge in [-0.3, -0.25) is 9.52 Å². The standard InChI is InChI=1S/C23H20ClFN4O3S/c1-2-10-33(31,32)28-18-9-8-17(24)22(23(18)25)20(30)11-15-13-26-21-12-19(27-29(21)14-15)16-6-4-3-5-7-16/h3-9,12-14,28H,2,10-11H2,1H3. The smallest absolute Gasteiger partial charge is 0.232 e. The summed E-state index contributed by atoms with van der Waals surface area (Å²) in [6.45, 7) is 1.69. The summed E-state index contributed by atoms with van der Waals surface area (Å²) in [5, 5.41) is 4.40. The number of aromatic nitrogens is 3. The van der Waals surface area contributed by atoms with Gasteiger partial charge in [0.05, 0.1) is 27.7 Å². The van der Waals surface area contributed by atoms with Gasteiger partial charge in [-0.05, 0) is 24.1 Å². The molecular weight excluding hydrogens is 467 g/mol. The third-order valence-electron chi connectivity index (χ3n) is 4.91. The molecule has 2 aromatic carbocycles. The van der Waals surface area contributed by atoms with Crippen molar-refractivity contribution in [3.63, 3.8) is 0 Å². The molecule has 0 amide bonds. The van der Waals surface area contributed by atoms with Crippen molar-refractivity contribution in [1.29, 1.82) is 0 Å². The molecule has 0 aliphatic carbocycles. The molecule has 2 heterocycles. The summed E-state index contributed by atoms with van der Waals surface area (Å²) in [6.07, 6.45) is 3.34. The Morgan fingerprint density at radius 2 is 1.94 bits per heavy atom. The molecule has 0 aliphatic rings. The summed E-state index contributed by atoms with van der Waals surface area (Å²) in [5.41, 5.74) is 2.07. The summed E-state index contributed by atoms with van der Waals surface area (Å²) in [5.74, 6) is -1.78. The predicted octanol–water partition coefficient (Wildman–Crippen LogP) is 4.77. The average molecular weight is 487 g/mol. The molecule has 2 aromatic heterocycles. The first-order chi connectivity index (χ1) is 15.8. The predicted molar refractivity (Wildman–Crippen MR) is 126 cm³/mol. The highest BCUT2D eigenvalue weighted by Crippen LogP contribution is 2.28. The fraction of sp³-hybridized carbons (Fsp3) is 0.174. The molecule has 10 heteroatoms. The van der Waals surface area contributed by atoms with Crippen molar-refractivity contribution >= 4 is 38.7 Å². The molecule has 170 valence electrons. The van der Waals surface area contributed by atoms with E-state index in [4.69, 9.17) is 11.6 Å². The van der Waals surface area contributed by atoms with Gasteiger partial charge >= 0.3 is 0 Å². The summed E-state index contributed by atoms with van der Waals surface area (Å²) in [7, 11) is -3.73. The number of Topliss-reactive ketones (excluding diaryl/α,β-unsaturated/α-hetero) is 1. The molecule has 33 heavy (non-hydrogen) atoms. The second-order valence-corrected chi connectivity index (χ2v) is 9.71. The van der Waals surface area contributed by atoms with Gasteiger partial charge < -0.3 is 0 Å². The molecule has 0 spiro atoms. The Morgan fingerprint density at radius 3 is 2.67 bits per heavy atom. The largest absolute Gasteiger partial charge is 0.294 e. The molecular formula is C23H20ClFN4O3S. The lowest BCUT2D eigenvalue weighted by molar-refractivity contribution is 0.0989. The number of nitrogens with one attached hydrogen (secondary N) is 1. The number of rotatable bonds is 8. The monoisotopic (exact) mass is 486 g/mol. The van der Waals surface area contributed by atoms with Gasteiger partial charge in [0.2, 0.25) is 10.0 Å². The highest BCUT2D eigenvalue weighted by Gasteiger charge is 2.22. The minimum atomic E-state index is -3.73. The second kappa shape index (κ2) is 9.29. The van der Waals surface area contributed by atoms with E-state index in [9.17, 15) is 13.2 Å². The lowest BCUT2D eigenvalue weighted by atomic mass is 10.0. The molecule has 1 N–H and O–H groups in total. The van der Waals surface area contributed by atoms with E-state index in [1.807, 2.05) is 36.4 Å². The Balaban J connectivity index is 1.61. The quantitative estimate of drug-likeness (QED) is 0.362.